The van der Waals surface area contributed by atoms with Gasteiger partial charge in [-0.2, -0.15) is 5.26 Å². The number of aryl methyl sites for hydroxylation is 2. The van der Waals surface area contributed by atoms with Gasteiger partial charge in [-0.3, -0.25) is 0 Å². The highest BCUT2D eigenvalue weighted by molar-refractivity contribution is 5.56. The minimum absolute atomic E-state index is 0.633. The monoisotopic (exact) mass is 171 g/mol. The summed E-state index contributed by atoms with van der Waals surface area (Å²) >= 11 is 0. The number of hydrogen-bond donors (Lipinski definition) is 0. The lowest BCUT2D eigenvalue weighted by Crippen LogP contribution is -1.89. The van der Waals surface area contributed by atoms with Crippen LogP contribution < -0.4 is 0 Å². The second-order valence-electron chi connectivity index (χ2n) is 3.16. The topological polar surface area (TPSA) is 41.1 Å². The van der Waals surface area contributed by atoms with E-state index in [1.165, 1.54) is 0 Å². The first-order valence-corrected chi connectivity index (χ1v) is 4.07. The molecule has 0 N–H and O–H groups in total. The Bertz CT molecular complexity index is 503. The van der Waals surface area contributed by atoms with Gasteiger partial charge >= 0.3 is 0 Å². The number of nitriles is 1. The van der Waals surface area contributed by atoms with E-state index in [0.717, 1.165) is 16.9 Å². The SMILES string of the molecule is Cc1cc(C#N)c2nc(C)cn2c1. The van der Waals surface area contributed by atoms with Crippen LogP contribution in [0.5, 0.6) is 0 Å². The number of fused-ring (bicyclic) bond motifs is 1. The zero-order valence-electron chi connectivity index (χ0n) is 7.57. The van der Waals surface area contributed by atoms with Crippen molar-refractivity contribution in [1.82, 2.24) is 9.38 Å². The largest absolute Gasteiger partial charge is 0.305 e. The second kappa shape index (κ2) is 2.60. The molecule has 2 heterocycles. The molecule has 2 rings (SSSR count). The lowest BCUT2D eigenvalue weighted by atomic mass is 10.2. The van der Waals surface area contributed by atoms with Crippen molar-refractivity contribution in [3.63, 3.8) is 0 Å². The fourth-order valence-electron chi connectivity index (χ4n) is 1.44. The van der Waals surface area contributed by atoms with Crippen LogP contribution in [0.15, 0.2) is 18.5 Å². The van der Waals surface area contributed by atoms with Gasteiger partial charge in [0, 0.05) is 12.4 Å². The molecule has 2 aromatic heterocycles. The number of rotatable bonds is 0. The van der Waals surface area contributed by atoms with Crippen LogP contribution in [0.1, 0.15) is 16.8 Å². The molecule has 0 aliphatic carbocycles. The molecule has 0 radical (unpaired) electrons. The summed E-state index contributed by atoms with van der Waals surface area (Å²) in [5.74, 6) is 0. The molecule has 0 spiro atoms. The highest BCUT2D eigenvalue weighted by Gasteiger charge is 2.04. The van der Waals surface area contributed by atoms with E-state index >= 15 is 0 Å². The molecular weight excluding hydrogens is 162 g/mol. The van der Waals surface area contributed by atoms with E-state index in [9.17, 15) is 0 Å². The summed E-state index contributed by atoms with van der Waals surface area (Å²) in [6.45, 7) is 3.89. The van der Waals surface area contributed by atoms with Crippen LogP contribution in [0, 0.1) is 25.2 Å². The lowest BCUT2D eigenvalue weighted by Gasteiger charge is -1.97. The van der Waals surface area contributed by atoms with Crippen molar-refractivity contribution in [2.24, 2.45) is 0 Å². The molecule has 0 amide bonds. The summed E-state index contributed by atoms with van der Waals surface area (Å²) in [4.78, 5) is 4.27. The fraction of sp³-hybridized carbons (Fsp3) is 0.200. The number of imidazole rings is 1. The summed E-state index contributed by atoms with van der Waals surface area (Å²) in [7, 11) is 0. The third-order valence-corrected chi connectivity index (χ3v) is 1.93. The van der Waals surface area contributed by atoms with Crippen LogP contribution in [0.2, 0.25) is 0 Å². The van der Waals surface area contributed by atoms with Gasteiger partial charge in [-0.05, 0) is 25.5 Å². The Morgan fingerprint density at radius 2 is 2.15 bits per heavy atom. The smallest absolute Gasteiger partial charge is 0.154 e. The van der Waals surface area contributed by atoms with E-state index in [2.05, 4.69) is 11.1 Å². The highest BCUT2D eigenvalue weighted by Crippen LogP contribution is 2.12. The molecule has 0 bridgehead atoms. The molecule has 0 aromatic carbocycles. The zero-order valence-corrected chi connectivity index (χ0v) is 7.57. The van der Waals surface area contributed by atoms with E-state index in [-0.39, 0.29) is 0 Å². The number of nitrogens with zero attached hydrogens (tertiary/aromatic N) is 3. The van der Waals surface area contributed by atoms with Crippen LogP contribution in [0.3, 0.4) is 0 Å². The molecule has 0 aliphatic rings. The maximum absolute atomic E-state index is 8.87. The van der Waals surface area contributed by atoms with Crippen molar-refractivity contribution in [1.29, 1.82) is 5.26 Å². The third kappa shape index (κ3) is 1.17. The minimum atomic E-state index is 0.633. The molecule has 3 nitrogen and oxygen atoms in total. The van der Waals surface area contributed by atoms with Crippen LogP contribution in [0.25, 0.3) is 5.65 Å². The Balaban J connectivity index is 2.90. The molecular formula is C10H9N3. The van der Waals surface area contributed by atoms with Crippen molar-refractivity contribution >= 4 is 5.65 Å². The molecule has 0 unspecified atom stereocenters. The molecule has 2 aromatic rings. The zero-order chi connectivity index (χ0) is 9.42. The third-order valence-electron chi connectivity index (χ3n) is 1.93. The van der Waals surface area contributed by atoms with Gasteiger partial charge in [0.2, 0.25) is 0 Å². The molecule has 0 aliphatic heterocycles. The van der Waals surface area contributed by atoms with Gasteiger partial charge in [0.05, 0.1) is 11.3 Å². The van der Waals surface area contributed by atoms with Gasteiger partial charge in [-0.25, -0.2) is 4.98 Å². The predicted molar refractivity (Wildman–Crippen MR) is 49.4 cm³/mol. The van der Waals surface area contributed by atoms with E-state index in [4.69, 9.17) is 5.26 Å². The molecule has 0 saturated heterocycles. The quantitative estimate of drug-likeness (QED) is 0.606. The van der Waals surface area contributed by atoms with Gasteiger partial charge < -0.3 is 4.40 Å². The van der Waals surface area contributed by atoms with Crippen LogP contribution in [-0.2, 0) is 0 Å². The van der Waals surface area contributed by atoms with E-state index < -0.39 is 0 Å². The summed E-state index contributed by atoms with van der Waals surface area (Å²) in [6.07, 6.45) is 3.89. The summed E-state index contributed by atoms with van der Waals surface area (Å²) < 4.78 is 1.89. The molecule has 3 heteroatoms. The second-order valence-corrected chi connectivity index (χ2v) is 3.16. The van der Waals surface area contributed by atoms with Gasteiger partial charge in [0.25, 0.3) is 0 Å². The van der Waals surface area contributed by atoms with E-state index in [1.807, 2.05) is 36.7 Å². The van der Waals surface area contributed by atoms with Crippen molar-refractivity contribution < 1.29 is 0 Å². The Morgan fingerprint density at radius 3 is 2.85 bits per heavy atom. The number of aromatic nitrogens is 2. The Hall–Kier alpha value is -1.82. The Labute approximate surface area is 76.3 Å². The van der Waals surface area contributed by atoms with Gasteiger partial charge in [0.15, 0.2) is 5.65 Å². The standard InChI is InChI=1S/C10H9N3/c1-7-3-9(4-11)10-12-8(2)6-13(10)5-7/h3,5-6H,1-2H3. The average molecular weight is 171 g/mol. The minimum Gasteiger partial charge on any atom is -0.305 e. The highest BCUT2D eigenvalue weighted by atomic mass is 15.0. The molecule has 0 atom stereocenters. The van der Waals surface area contributed by atoms with E-state index in [0.29, 0.717) is 5.56 Å². The first kappa shape index (κ1) is 7.81. The van der Waals surface area contributed by atoms with Crippen LogP contribution in [-0.4, -0.2) is 9.38 Å². The van der Waals surface area contributed by atoms with Crippen molar-refractivity contribution in [3.8, 4) is 6.07 Å². The summed E-state index contributed by atoms with van der Waals surface area (Å²) in [5.41, 5.74) is 3.38. The maximum Gasteiger partial charge on any atom is 0.154 e. The van der Waals surface area contributed by atoms with Crippen molar-refractivity contribution in [2.75, 3.05) is 0 Å². The molecule has 0 fully saturated rings. The average Bonchev–Trinajstić information content (AvgIpc) is 2.43. The van der Waals surface area contributed by atoms with Gasteiger partial charge in [0.1, 0.15) is 6.07 Å². The van der Waals surface area contributed by atoms with Crippen molar-refractivity contribution in [2.45, 2.75) is 13.8 Å². The molecule has 64 valence electrons. The van der Waals surface area contributed by atoms with Gasteiger partial charge in [-0.15, -0.1) is 0 Å². The lowest BCUT2D eigenvalue weighted by molar-refractivity contribution is 1.15. The maximum atomic E-state index is 8.87. The molecule has 13 heavy (non-hydrogen) atoms. The normalized spacial score (nSPS) is 10.2. The van der Waals surface area contributed by atoms with Crippen LogP contribution >= 0.6 is 0 Å². The van der Waals surface area contributed by atoms with E-state index in [1.54, 1.807) is 0 Å². The van der Waals surface area contributed by atoms with Gasteiger partial charge in [-0.1, -0.05) is 0 Å². The molecule has 0 saturated carbocycles. The summed E-state index contributed by atoms with van der Waals surface area (Å²) in [5, 5.41) is 8.87. The number of pyridine rings is 1. The van der Waals surface area contributed by atoms with Crippen molar-refractivity contribution in [3.05, 3.63) is 35.3 Å². The van der Waals surface area contributed by atoms with Crippen LogP contribution in [0.4, 0.5) is 0 Å². The first-order valence-electron chi connectivity index (χ1n) is 4.07. The predicted octanol–water partition coefficient (Wildman–Crippen LogP) is 1.82. The fourth-order valence-corrected chi connectivity index (χ4v) is 1.44. The Kier molecular flexibility index (Phi) is 1.56. The summed E-state index contributed by atoms with van der Waals surface area (Å²) in [6, 6.07) is 3.99. The Morgan fingerprint density at radius 1 is 1.38 bits per heavy atom. The number of hydrogen-bond acceptors (Lipinski definition) is 2. The first-order chi connectivity index (χ1) is 6.20.